The van der Waals surface area contributed by atoms with E-state index in [-0.39, 0.29) is 62.4 Å². The molecule has 0 aromatic heterocycles. The molecular formula is C28H20O6. The molecule has 0 bridgehead atoms. The summed E-state index contributed by atoms with van der Waals surface area (Å²) in [4.78, 5) is 27.1. The van der Waals surface area contributed by atoms with Crippen LogP contribution in [0.2, 0.25) is 0 Å². The lowest BCUT2D eigenvalue weighted by atomic mass is 9.76. The Kier molecular flexibility index (Phi) is 4.69. The molecule has 4 N–H and O–H groups in total. The highest BCUT2D eigenvalue weighted by atomic mass is 16.3. The molecule has 0 atom stereocenters. The Bertz CT molecular complexity index is 1500. The summed E-state index contributed by atoms with van der Waals surface area (Å²) in [6.07, 6.45) is 0. The lowest BCUT2D eigenvalue weighted by molar-refractivity contribution is 0.0979. The van der Waals surface area contributed by atoms with Crippen LogP contribution in [-0.2, 0) is 0 Å². The monoisotopic (exact) mass is 452 g/mol. The number of phenolic OH excluding ortho intramolecular Hbond substituents is 4. The fourth-order valence-corrected chi connectivity index (χ4v) is 4.83. The first kappa shape index (κ1) is 21.3. The third-order valence-electron chi connectivity index (χ3n) is 6.21. The molecule has 4 aromatic carbocycles. The summed E-state index contributed by atoms with van der Waals surface area (Å²) in [7, 11) is 0. The van der Waals surface area contributed by atoms with Crippen molar-refractivity contribution in [2.75, 3.05) is 0 Å². The average Bonchev–Trinajstić information content (AvgIpc) is 2.76. The van der Waals surface area contributed by atoms with Gasteiger partial charge in [0.25, 0.3) is 0 Å². The van der Waals surface area contributed by atoms with E-state index in [2.05, 4.69) is 0 Å². The normalized spacial score (nSPS) is 12.4. The lowest BCUT2D eigenvalue weighted by Crippen LogP contribution is -2.22. The van der Waals surface area contributed by atoms with Crippen LogP contribution >= 0.6 is 0 Å². The number of fused-ring (bicyclic) bond motifs is 2. The Morgan fingerprint density at radius 2 is 1.00 bits per heavy atom. The number of benzene rings is 4. The van der Waals surface area contributed by atoms with Crippen LogP contribution in [0.15, 0.2) is 60.7 Å². The highest BCUT2D eigenvalue weighted by Gasteiger charge is 2.35. The molecular weight excluding hydrogens is 432 g/mol. The topological polar surface area (TPSA) is 115 Å². The number of carbonyl (C=O) groups is 2. The molecule has 0 saturated carbocycles. The van der Waals surface area contributed by atoms with Crippen LogP contribution in [0.25, 0.3) is 22.3 Å². The van der Waals surface area contributed by atoms with E-state index in [9.17, 15) is 30.0 Å². The Morgan fingerprint density at radius 1 is 0.500 bits per heavy atom. The zero-order chi connectivity index (χ0) is 24.3. The summed E-state index contributed by atoms with van der Waals surface area (Å²) in [5.41, 5.74) is 3.13. The van der Waals surface area contributed by atoms with Gasteiger partial charge in [0.15, 0.2) is 11.6 Å². The predicted octanol–water partition coefficient (Wildman–Crippen LogP) is 5.24. The van der Waals surface area contributed by atoms with Crippen molar-refractivity contribution >= 4 is 11.6 Å². The van der Waals surface area contributed by atoms with Crippen LogP contribution in [0, 0.1) is 13.8 Å². The number of aromatic hydroxyl groups is 4. The van der Waals surface area contributed by atoms with Gasteiger partial charge in [0.05, 0.1) is 0 Å². The van der Waals surface area contributed by atoms with E-state index in [0.717, 1.165) is 6.07 Å². The minimum absolute atomic E-state index is 0.108. The van der Waals surface area contributed by atoms with E-state index in [1.807, 2.05) is 0 Å². The maximum absolute atomic E-state index is 13.8. The molecule has 0 amide bonds. The van der Waals surface area contributed by atoms with Gasteiger partial charge in [-0.25, -0.2) is 0 Å². The fourth-order valence-electron chi connectivity index (χ4n) is 4.83. The molecule has 0 unspecified atom stereocenters. The first-order valence-corrected chi connectivity index (χ1v) is 10.6. The minimum Gasteiger partial charge on any atom is -0.508 e. The van der Waals surface area contributed by atoms with E-state index >= 15 is 0 Å². The standard InChI is InChI=1S/C28H20O6/c1-13-9-15(29)11-21(31)23(13)19-7-8-20-26(25(19)24-14(2)10-16(30)12-22(24)32)28(34)18-6-4-3-5-17(18)27(20)33/h3-12,29-32H,1-2H3. The highest BCUT2D eigenvalue weighted by molar-refractivity contribution is 6.31. The van der Waals surface area contributed by atoms with Gasteiger partial charge in [0, 0.05) is 51.1 Å². The van der Waals surface area contributed by atoms with Crippen LogP contribution < -0.4 is 0 Å². The molecule has 0 spiro atoms. The first-order valence-electron chi connectivity index (χ1n) is 10.6. The van der Waals surface area contributed by atoms with Gasteiger partial charge >= 0.3 is 0 Å². The Labute approximate surface area is 195 Å². The largest absolute Gasteiger partial charge is 0.508 e. The molecule has 0 saturated heterocycles. The van der Waals surface area contributed by atoms with Crippen LogP contribution in [0.3, 0.4) is 0 Å². The quantitative estimate of drug-likeness (QED) is 0.291. The molecule has 1 aliphatic carbocycles. The number of hydrogen-bond acceptors (Lipinski definition) is 6. The van der Waals surface area contributed by atoms with Gasteiger partial charge in [-0.05, 0) is 48.7 Å². The van der Waals surface area contributed by atoms with Gasteiger partial charge < -0.3 is 20.4 Å². The van der Waals surface area contributed by atoms with E-state index in [1.54, 1.807) is 50.2 Å². The van der Waals surface area contributed by atoms with Crippen molar-refractivity contribution < 1.29 is 30.0 Å². The molecule has 5 rings (SSSR count). The summed E-state index contributed by atoms with van der Waals surface area (Å²) in [5.74, 6) is -1.47. The van der Waals surface area contributed by atoms with Crippen molar-refractivity contribution in [3.8, 4) is 45.3 Å². The van der Waals surface area contributed by atoms with Gasteiger partial charge in [0.2, 0.25) is 0 Å². The van der Waals surface area contributed by atoms with Crippen LogP contribution in [0.5, 0.6) is 23.0 Å². The smallest absolute Gasteiger partial charge is 0.195 e. The van der Waals surface area contributed by atoms with Gasteiger partial charge in [0.1, 0.15) is 23.0 Å². The van der Waals surface area contributed by atoms with Crippen LogP contribution in [0.4, 0.5) is 0 Å². The third-order valence-corrected chi connectivity index (χ3v) is 6.21. The van der Waals surface area contributed by atoms with E-state index in [1.165, 1.54) is 18.2 Å². The van der Waals surface area contributed by atoms with E-state index in [4.69, 9.17) is 0 Å². The minimum atomic E-state index is -0.384. The zero-order valence-corrected chi connectivity index (χ0v) is 18.4. The highest BCUT2D eigenvalue weighted by Crippen LogP contribution is 2.48. The SMILES string of the molecule is Cc1cc(O)cc(O)c1-c1ccc2c(c1-c1c(C)cc(O)cc1O)C(=O)c1ccccc1C2=O. The van der Waals surface area contributed by atoms with Gasteiger partial charge in [-0.1, -0.05) is 30.3 Å². The number of aryl methyl sites for hydroxylation is 2. The van der Waals surface area contributed by atoms with Crippen molar-refractivity contribution in [1.29, 1.82) is 0 Å². The summed E-state index contributed by atoms with van der Waals surface area (Å²) < 4.78 is 0. The maximum atomic E-state index is 13.8. The third kappa shape index (κ3) is 3.03. The number of hydrogen-bond donors (Lipinski definition) is 4. The summed E-state index contributed by atoms with van der Waals surface area (Å²) in [6.45, 7) is 3.37. The fraction of sp³-hybridized carbons (Fsp3) is 0.0714. The molecule has 34 heavy (non-hydrogen) atoms. The summed E-state index contributed by atoms with van der Waals surface area (Å²) in [5, 5.41) is 41.5. The number of phenols is 4. The van der Waals surface area contributed by atoms with Gasteiger partial charge in [-0.15, -0.1) is 0 Å². The predicted molar refractivity (Wildman–Crippen MR) is 127 cm³/mol. The maximum Gasteiger partial charge on any atom is 0.195 e. The van der Waals surface area contributed by atoms with Crippen molar-refractivity contribution in [2.24, 2.45) is 0 Å². The molecule has 6 nitrogen and oxygen atoms in total. The lowest BCUT2D eigenvalue weighted by Gasteiger charge is -2.25. The van der Waals surface area contributed by atoms with Crippen molar-refractivity contribution in [2.45, 2.75) is 13.8 Å². The zero-order valence-electron chi connectivity index (χ0n) is 18.4. The Balaban J connectivity index is 1.96. The van der Waals surface area contributed by atoms with Crippen LogP contribution in [0.1, 0.15) is 43.0 Å². The van der Waals surface area contributed by atoms with E-state index < -0.39 is 0 Å². The molecule has 1 aliphatic rings. The molecule has 0 radical (unpaired) electrons. The number of rotatable bonds is 2. The second-order valence-corrected chi connectivity index (χ2v) is 8.43. The van der Waals surface area contributed by atoms with E-state index in [0.29, 0.717) is 27.8 Å². The summed E-state index contributed by atoms with van der Waals surface area (Å²) in [6, 6.07) is 15.0. The molecule has 0 fully saturated rings. The van der Waals surface area contributed by atoms with Gasteiger partial charge in [-0.3, -0.25) is 9.59 Å². The Hall–Kier alpha value is -4.58. The molecule has 4 aromatic rings. The number of ketones is 2. The average molecular weight is 452 g/mol. The number of carbonyl (C=O) groups excluding carboxylic acids is 2. The molecule has 0 aliphatic heterocycles. The first-order chi connectivity index (χ1) is 16.2. The second-order valence-electron chi connectivity index (χ2n) is 8.43. The summed E-state index contributed by atoms with van der Waals surface area (Å²) >= 11 is 0. The van der Waals surface area contributed by atoms with Crippen LogP contribution in [-0.4, -0.2) is 32.0 Å². The Morgan fingerprint density at radius 3 is 1.56 bits per heavy atom. The molecule has 6 heteroatoms. The van der Waals surface area contributed by atoms with Crippen molar-refractivity contribution in [1.82, 2.24) is 0 Å². The van der Waals surface area contributed by atoms with Crippen molar-refractivity contribution in [3.05, 3.63) is 94.0 Å². The molecule has 168 valence electrons. The second kappa shape index (κ2) is 7.49. The van der Waals surface area contributed by atoms with Crippen molar-refractivity contribution in [3.63, 3.8) is 0 Å². The van der Waals surface area contributed by atoms with Gasteiger partial charge in [-0.2, -0.15) is 0 Å². The molecule has 0 heterocycles.